The maximum atomic E-state index is 13.0. The Balaban J connectivity index is 1.24. The van der Waals surface area contributed by atoms with Gasteiger partial charge in [-0.2, -0.15) is 0 Å². The second kappa shape index (κ2) is 10.5. The van der Waals surface area contributed by atoms with E-state index in [9.17, 15) is 14.4 Å². The summed E-state index contributed by atoms with van der Waals surface area (Å²) in [6, 6.07) is 17.0. The van der Waals surface area contributed by atoms with Crippen molar-refractivity contribution >= 4 is 17.7 Å². The van der Waals surface area contributed by atoms with Gasteiger partial charge in [-0.15, -0.1) is 0 Å². The van der Waals surface area contributed by atoms with Gasteiger partial charge in [0.1, 0.15) is 5.75 Å². The molecule has 2 aliphatic rings. The summed E-state index contributed by atoms with van der Waals surface area (Å²) in [6.45, 7) is 4.71. The van der Waals surface area contributed by atoms with Crippen molar-refractivity contribution in [2.75, 3.05) is 26.2 Å². The van der Waals surface area contributed by atoms with Crippen LogP contribution < -0.4 is 10.1 Å². The maximum Gasteiger partial charge on any atom is 0.251 e. The average Bonchev–Trinajstić information content (AvgIpc) is 3.20. The molecule has 33 heavy (non-hydrogen) atoms. The number of hydrogen-bond donors (Lipinski definition) is 1. The van der Waals surface area contributed by atoms with Crippen molar-refractivity contribution in [2.45, 2.75) is 38.8 Å². The lowest BCUT2D eigenvalue weighted by Crippen LogP contribution is -2.48. The Morgan fingerprint density at radius 2 is 1.73 bits per heavy atom. The normalized spacial score (nSPS) is 18.9. The van der Waals surface area contributed by atoms with E-state index in [1.165, 1.54) is 0 Å². The van der Waals surface area contributed by atoms with E-state index >= 15 is 0 Å². The summed E-state index contributed by atoms with van der Waals surface area (Å²) in [5.41, 5.74) is 1.67. The predicted molar refractivity (Wildman–Crippen MR) is 125 cm³/mol. The number of amides is 3. The van der Waals surface area contributed by atoms with E-state index in [0.29, 0.717) is 51.2 Å². The van der Waals surface area contributed by atoms with E-state index in [-0.39, 0.29) is 36.1 Å². The zero-order chi connectivity index (χ0) is 23.2. The van der Waals surface area contributed by atoms with Crippen LogP contribution in [0.25, 0.3) is 0 Å². The maximum absolute atomic E-state index is 13.0. The third-order valence-corrected chi connectivity index (χ3v) is 6.35. The van der Waals surface area contributed by atoms with Gasteiger partial charge in [-0.1, -0.05) is 30.3 Å². The van der Waals surface area contributed by atoms with Crippen molar-refractivity contribution in [3.05, 3.63) is 65.7 Å². The van der Waals surface area contributed by atoms with Gasteiger partial charge in [0.05, 0.1) is 12.5 Å². The van der Waals surface area contributed by atoms with Crippen molar-refractivity contribution in [1.29, 1.82) is 0 Å². The molecular weight excluding hydrogens is 418 g/mol. The van der Waals surface area contributed by atoms with E-state index in [0.717, 1.165) is 11.3 Å². The minimum atomic E-state index is -0.281. The highest BCUT2D eigenvalue weighted by atomic mass is 16.5. The molecule has 2 aromatic carbocycles. The Morgan fingerprint density at radius 3 is 2.39 bits per heavy atom. The molecule has 2 heterocycles. The van der Waals surface area contributed by atoms with Gasteiger partial charge in [-0.05, 0) is 49.6 Å². The lowest BCUT2D eigenvalue weighted by molar-refractivity contribution is -0.136. The number of piperidine rings is 1. The number of rotatable bonds is 7. The van der Waals surface area contributed by atoms with Crippen molar-refractivity contribution in [1.82, 2.24) is 15.1 Å². The monoisotopic (exact) mass is 449 g/mol. The summed E-state index contributed by atoms with van der Waals surface area (Å²) >= 11 is 0. The standard InChI is InChI=1S/C26H31N3O4/c1-2-33-23-10-8-20(9-11-23)25(31)27-22-12-14-28(15-13-22)26(32)21-16-24(30)29(18-21)17-19-6-4-3-5-7-19/h3-11,21-22H,2,12-18H2,1H3,(H,27,31). The first kappa shape index (κ1) is 22.8. The molecule has 0 aromatic heterocycles. The van der Waals surface area contributed by atoms with Gasteiger partial charge in [0.15, 0.2) is 0 Å². The third kappa shape index (κ3) is 5.72. The Hall–Kier alpha value is -3.35. The number of benzene rings is 2. The topological polar surface area (TPSA) is 79.0 Å². The summed E-state index contributed by atoms with van der Waals surface area (Å²) in [7, 11) is 0. The van der Waals surface area contributed by atoms with Crippen molar-refractivity contribution < 1.29 is 19.1 Å². The molecule has 2 fully saturated rings. The van der Waals surface area contributed by atoms with Gasteiger partial charge in [0.2, 0.25) is 11.8 Å². The molecule has 0 bridgehead atoms. The fourth-order valence-electron chi connectivity index (χ4n) is 4.53. The van der Waals surface area contributed by atoms with Gasteiger partial charge >= 0.3 is 0 Å². The van der Waals surface area contributed by atoms with Crippen LogP contribution in [0, 0.1) is 5.92 Å². The van der Waals surface area contributed by atoms with Crippen molar-refractivity contribution in [3.63, 3.8) is 0 Å². The predicted octanol–water partition coefficient (Wildman–Crippen LogP) is 2.85. The summed E-state index contributed by atoms with van der Waals surface area (Å²) in [4.78, 5) is 41.7. The lowest BCUT2D eigenvalue weighted by Gasteiger charge is -2.33. The van der Waals surface area contributed by atoms with Gasteiger partial charge in [-0.25, -0.2) is 0 Å². The van der Waals surface area contributed by atoms with Crippen LogP contribution in [0.5, 0.6) is 5.75 Å². The molecule has 0 spiro atoms. The fraction of sp³-hybridized carbons (Fsp3) is 0.423. The number of carbonyl (C=O) groups is 3. The van der Waals surface area contributed by atoms with Crippen LogP contribution in [0.4, 0.5) is 0 Å². The van der Waals surface area contributed by atoms with Crippen molar-refractivity contribution in [3.8, 4) is 5.75 Å². The minimum Gasteiger partial charge on any atom is -0.494 e. The number of nitrogens with zero attached hydrogens (tertiary/aromatic N) is 2. The molecule has 2 saturated heterocycles. The highest BCUT2D eigenvalue weighted by molar-refractivity contribution is 5.94. The molecule has 174 valence electrons. The molecule has 0 saturated carbocycles. The minimum absolute atomic E-state index is 0.0351. The average molecular weight is 450 g/mol. The molecule has 1 atom stereocenters. The van der Waals surface area contributed by atoms with E-state index in [1.54, 1.807) is 29.2 Å². The van der Waals surface area contributed by atoms with Gasteiger partial charge < -0.3 is 19.9 Å². The summed E-state index contributed by atoms with van der Waals surface area (Å²) in [6.07, 6.45) is 1.70. The fourth-order valence-corrected chi connectivity index (χ4v) is 4.53. The molecule has 7 heteroatoms. The van der Waals surface area contributed by atoms with E-state index in [4.69, 9.17) is 4.74 Å². The first-order valence-corrected chi connectivity index (χ1v) is 11.7. The zero-order valence-electron chi connectivity index (χ0n) is 19.0. The number of ether oxygens (including phenoxy) is 1. The highest BCUT2D eigenvalue weighted by Crippen LogP contribution is 2.24. The van der Waals surface area contributed by atoms with E-state index in [2.05, 4.69) is 5.32 Å². The summed E-state index contributed by atoms with van der Waals surface area (Å²) in [5.74, 6) is 0.440. The van der Waals surface area contributed by atoms with Crippen LogP contribution in [0.3, 0.4) is 0 Å². The molecule has 7 nitrogen and oxygen atoms in total. The molecular formula is C26H31N3O4. The highest BCUT2D eigenvalue weighted by Gasteiger charge is 2.37. The molecule has 2 aromatic rings. The SMILES string of the molecule is CCOc1ccc(C(=O)NC2CCN(C(=O)C3CC(=O)N(Cc4ccccc4)C3)CC2)cc1. The Morgan fingerprint density at radius 1 is 1.03 bits per heavy atom. The van der Waals surface area contributed by atoms with Crippen molar-refractivity contribution in [2.24, 2.45) is 5.92 Å². The Kier molecular flexibility index (Phi) is 7.27. The van der Waals surface area contributed by atoms with Crippen LogP contribution in [-0.4, -0.2) is 59.8 Å². The zero-order valence-corrected chi connectivity index (χ0v) is 19.0. The molecule has 4 rings (SSSR count). The van der Waals surface area contributed by atoms with E-state index in [1.807, 2.05) is 42.2 Å². The first-order valence-electron chi connectivity index (χ1n) is 11.7. The molecule has 3 amide bonds. The quantitative estimate of drug-likeness (QED) is 0.705. The van der Waals surface area contributed by atoms with Crippen LogP contribution in [0.2, 0.25) is 0 Å². The number of hydrogen-bond acceptors (Lipinski definition) is 4. The Bertz CT molecular complexity index is 969. The molecule has 1 unspecified atom stereocenters. The van der Waals surface area contributed by atoms with Crippen LogP contribution in [0.1, 0.15) is 42.1 Å². The first-order chi connectivity index (χ1) is 16.0. The van der Waals surface area contributed by atoms with Crippen LogP contribution >= 0.6 is 0 Å². The smallest absolute Gasteiger partial charge is 0.251 e. The Labute approximate surface area is 194 Å². The van der Waals surface area contributed by atoms with E-state index < -0.39 is 0 Å². The molecule has 0 aliphatic carbocycles. The lowest BCUT2D eigenvalue weighted by atomic mass is 10.0. The molecule has 1 N–H and O–H groups in total. The summed E-state index contributed by atoms with van der Waals surface area (Å²) < 4.78 is 5.42. The largest absolute Gasteiger partial charge is 0.494 e. The number of carbonyl (C=O) groups excluding carboxylic acids is 3. The molecule has 0 radical (unpaired) electrons. The number of nitrogens with one attached hydrogen (secondary N) is 1. The number of likely N-dealkylation sites (tertiary alicyclic amines) is 2. The van der Waals surface area contributed by atoms with Crippen LogP contribution in [0.15, 0.2) is 54.6 Å². The van der Waals surface area contributed by atoms with Gasteiger partial charge in [0.25, 0.3) is 5.91 Å². The van der Waals surface area contributed by atoms with Crippen LogP contribution in [-0.2, 0) is 16.1 Å². The van der Waals surface area contributed by atoms with Gasteiger partial charge in [0, 0.05) is 44.2 Å². The molecule has 2 aliphatic heterocycles. The third-order valence-electron chi connectivity index (χ3n) is 6.35. The second-order valence-corrected chi connectivity index (χ2v) is 8.69. The van der Waals surface area contributed by atoms with Gasteiger partial charge in [-0.3, -0.25) is 14.4 Å². The summed E-state index contributed by atoms with van der Waals surface area (Å²) in [5, 5.41) is 3.08. The second-order valence-electron chi connectivity index (χ2n) is 8.69.